The van der Waals surface area contributed by atoms with Crippen LogP contribution in [-0.2, 0) is 0 Å². The Morgan fingerprint density at radius 3 is 2.47 bits per heavy atom. The van der Waals surface area contributed by atoms with E-state index in [1.807, 2.05) is 13.0 Å². The highest BCUT2D eigenvalue weighted by molar-refractivity contribution is 9.10. The van der Waals surface area contributed by atoms with Gasteiger partial charge in [0.25, 0.3) is 0 Å². The molecule has 2 rings (SSSR count). The van der Waals surface area contributed by atoms with Crippen LogP contribution in [0.3, 0.4) is 0 Å². The molecule has 1 aromatic carbocycles. The summed E-state index contributed by atoms with van der Waals surface area (Å²) in [7, 11) is 1.70. The predicted octanol–water partition coefficient (Wildman–Crippen LogP) is 4.71. The smallest absolute Gasteiger partial charge is 0.134 e. The van der Waals surface area contributed by atoms with E-state index in [0.717, 1.165) is 14.2 Å². The maximum atomic E-state index is 14.2. The van der Waals surface area contributed by atoms with Crippen molar-refractivity contribution in [3.05, 3.63) is 55.2 Å². The van der Waals surface area contributed by atoms with Crippen LogP contribution in [0.25, 0.3) is 0 Å². The van der Waals surface area contributed by atoms with Gasteiger partial charge in [-0.3, -0.25) is 0 Å². The van der Waals surface area contributed by atoms with E-state index < -0.39 is 17.7 Å². The molecule has 5 heteroatoms. The molecule has 0 aliphatic heterocycles. The quantitative estimate of drug-likeness (QED) is 0.848. The standard InChI is InChI=1S/C14H14BrF2NS/c1-7-4-5-10(16)11(12(7)17)13(18-3)14-9(15)6-8(2)19-14/h4-6,13,18H,1-3H3. The van der Waals surface area contributed by atoms with E-state index in [4.69, 9.17) is 0 Å². The van der Waals surface area contributed by atoms with Crippen LogP contribution >= 0.6 is 27.3 Å². The Morgan fingerprint density at radius 1 is 1.26 bits per heavy atom. The van der Waals surface area contributed by atoms with Crippen molar-refractivity contribution in [2.45, 2.75) is 19.9 Å². The van der Waals surface area contributed by atoms with Crippen LogP contribution in [0.5, 0.6) is 0 Å². The topological polar surface area (TPSA) is 12.0 Å². The van der Waals surface area contributed by atoms with Gasteiger partial charge in [0.15, 0.2) is 0 Å². The first-order valence-corrected chi connectivity index (χ1v) is 7.44. The Balaban J connectivity index is 2.61. The molecule has 19 heavy (non-hydrogen) atoms. The molecule has 1 N–H and O–H groups in total. The first kappa shape index (κ1) is 14.6. The average molecular weight is 346 g/mol. The van der Waals surface area contributed by atoms with E-state index in [-0.39, 0.29) is 5.56 Å². The minimum Gasteiger partial charge on any atom is -0.308 e. The summed E-state index contributed by atoms with van der Waals surface area (Å²) in [5.41, 5.74) is 0.520. The van der Waals surface area contributed by atoms with Gasteiger partial charge in [-0.25, -0.2) is 8.78 Å². The van der Waals surface area contributed by atoms with Crippen LogP contribution < -0.4 is 5.32 Å². The van der Waals surface area contributed by atoms with Gasteiger partial charge in [-0.05, 0) is 54.5 Å². The first-order chi connectivity index (χ1) is 8.95. The van der Waals surface area contributed by atoms with E-state index >= 15 is 0 Å². The number of thiophene rings is 1. The molecule has 0 fully saturated rings. The summed E-state index contributed by atoms with van der Waals surface area (Å²) in [6, 6.07) is 4.23. The highest BCUT2D eigenvalue weighted by atomic mass is 79.9. The number of hydrogen-bond donors (Lipinski definition) is 1. The minimum atomic E-state index is -0.527. The summed E-state index contributed by atoms with van der Waals surface area (Å²) >= 11 is 4.97. The van der Waals surface area contributed by atoms with E-state index in [1.165, 1.54) is 23.5 Å². The third-order valence-corrected chi connectivity index (χ3v) is 5.03. The lowest BCUT2D eigenvalue weighted by Gasteiger charge is -2.18. The molecule has 0 bridgehead atoms. The third-order valence-electron chi connectivity index (χ3n) is 3.00. The molecule has 102 valence electrons. The molecule has 0 spiro atoms. The molecule has 0 saturated heterocycles. The van der Waals surface area contributed by atoms with Gasteiger partial charge in [0.1, 0.15) is 11.6 Å². The summed E-state index contributed by atoms with van der Waals surface area (Å²) in [4.78, 5) is 1.97. The van der Waals surface area contributed by atoms with Crippen LogP contribution in [0, 0.1) is 25.5 Å². The summed E-state index contributed by atoms with van der Waals surface area (Å²) in [6.07, 6.45) is 0. The zero-order valence-corrected chi connectivity index (χ0v) is 13.3. The molecule has 0 amide bonds. The predicted molar refractivity (Wildman–Crippen MR) is 78.8 cm³/mol. The Morgan fingerprint density at radius 2 is 1.95 bits per heavy atom. The number of nitrogens with one attached hydrogen (secondary N) is 1. The molecule has 1 aromatic heterocycles. The van der Waals surface area contributed by atoms with Crippen LogP contribution in [-0.4, -0.2) is 7.05 Å². The molecular formula is C14H14BrF2NS. The first-order valence-electron chi connectivity index (χ1n) is 5.83. The van der Waals surface area contributed by atoms with Crippen LogP contribution in [0.2, 0.25) is 0 Å². The van der Waals surface area contributed by atoms with Crippen LogP contribution in [0.1, 0.15) is 26.9 Å². The lowest BCUT2D eigenvalue weighted by atomic mass is 10.0. The second-order valence-electron chi connectivity index (χ2n) is 4.38. The molecule has 0 saturated carbocycles. The minimum absolute atomic E-state index is 0.0741. The summed E-state index contributed by atoms with van der Waals surface area (Å²) in [6.45, 7) is 3.61. The Kier molecular flexibility index (Phi) is 4.38. The van der Waals surface area contributed by atoms with Gasteiger partial charge in [-0.2, -0.15) is 0 Å². The molecule has 1 atom stereocenters. The zero-order valence-electron chi connectivity index (χ0n) is 10.9. The van der Waals surface area contributed by atoms with Crippen LogP contribution in [0.15, 0.2) is 22.7 Å². The fourth-order valence-electron chi connectivity index (χ4n) is 2.05. The van der Waals surface area contributed by atoms with E-state index in [1.54, 1.807) is 14.0 Å². The number of halogens is 3. The maximum Gasteiger partial charge on any atom is 0.134 e. The van der Waals surface area contributed by atoms with Crippen molar-refractivity contribution in [3.63, 3.8) is 0 Å². The van der Waals surface area contributed by atoms with Crippen molar-refractivity contribution in [3.8, 4) is 0 Å². The fraction of sp³-hybridized carbons (Fsp3) is 0.286. The van der Waals surface area contributed by atoms with Crippen molar-refractivity contribution in [2.24, 2.45) is 0 Å². The Bertz CT molecular complexity index is 610. The van der Waals surface area contributed by atoms with Crippen molar-refractivity contribution < 1.29 is 8.78 Å². The lowest BCUT2D eigenvalue weighted by Crippen LogP contribution is -2.20. The number of aryl methyl sites for hydroxylation is 2. The van der Waals surface area contributed by atoms with Crippen molar-refractivity contribution >= 4 is 27.3 Å². The lowest BCUT2D eigenvalue weighted by molar-refractivity contribution is 0.519. The highest BCUT2D eigenvalue weighted by Crippen LogP contribution is 2.37. The number of rotatable bonds is 3. The Labute approximate surface area is 123 Å². The molecule has 0 aliphatic rings. The van der Waals surface area contributed by atoms with Gasteiger partial charge in [0, 0.05) is 19.8 Å². The van der Waals surface area contributed by atoms with Gasteiger partial charge in [-0.1, -0.05) is 6.07 Å². The van der Waals surface area contributed by atoms with Gasteiger partial charge < -0.3 is 5.32 Å². The molecule has 1 nitrogen and oxygen atoms in total. The second-order valence-corrected chi connectivity index (χ2v) is 6.53. The largest absolute Gasteiger partial charge is 0.308 e. The summed E-state index contributed by atoms with van der Waals surface area (Å²) < 4.78 is 29.1. The van der Waals surface area contributed by atoms with Gasteiger partial charge in [0.05, 0.1) is 6.04 Å². The van der Waals surface area contributed by atoms with Gasteiger partial charge in [0.2, 0.25) is 0 Å². The van der Waals surface area contributed by atoms with Crippen LogP contribution in [0.4, 0.5) is 8.78 Å². The van der Waals surface area contributed by atoms with Crippen molar-refractivity contribution in [2.75, 3.05) is 7.05 Å². The molecular weight excluding hydrogens is 332 g/mol. The molecule has 1 heterocycles. The molecule has 2 aromatic rings. The van der Waals surface area contributed by atoms with Crippen molar-refractivity contribution in [1.29, 1.82) is 0 Å². The van der Waals surface area contributed by atoms with Gasteiger partial charge in [-0.15, -0.1) is 11.3 Å². The Hall–Kier alpha value is -0.780. The number of hydrogen-bond acceptors (Lipinski definition) is 2. The molecule has 0 radical (unpaired) electrons. The fourth-order valence-corrected chi connectivity index (χ4v) is 4.05. The third kappa shape index (κ3) is 2.73. The van der Waals surface area contributed by atoms with Gasteiger partial charge >= 0.3 is 0 Å². The van der Waals surface area contributed by atoms with E-state index in [0.29, 0.717) is 5.56 Å². The normalized spacial score (nSPS) is 12.7. The second kappa shape index (κ2) is 5.69. The molecule has 1 unspecified atom stereocenters. The SMILES string of the molecule is CNC(c1sc(C)cc1Br)c1c(F)ccc(C)c1F. The monoisotopic (exact) mass is 345 g/mol. The summed E-state index contributed by atoms with van der Waals surface area (Å²) in [5.74, 6) is -1.02. The molecule has 0 aliphatic carbocycles. The van der Waals surface area contributed by atoms with E-state index in [9.17, 15) is 8.78 Å². The maximum absolute atomic E-state index is 14.2. The highest BCUT2D eigenvalue weighted by Gasteiger charge is 2.25. The number of benzene rings is 1. The van der Waals surface area contributed by atoms with Crippen molar-refractivity contribution in [1.82, 2.24) is 5.32 Å². The average Bonchev–Trinajstić information content (AvgIpc) is 2.69. The van der Waals surface area contributed by atoms with E-state index in [2.05, 4.69) is 21.2 Å². The zero-order chi connectivity index (χ0) is 14.2. The summed E-state index contributed by atoms with van der Waals surface area (Å²) in [5, 5.41) is 3.00.